The van der Waals surface area contributed by atoms with Crippen LogP contribution in [-0.4, -0.2) is 36.6 Å². The summed E-state index contributed by atoms with van der Waals surface area (Å²) < 4.78 is 25.4. The van der Waals surface area contributed by atoms with Crippen molar-refractivity contribution in [3.63, 3.8) is 0 Å². The lowest BCUT2D eigenvalue weighted by Gasteiger charge is -2.17. The van der Waals surface area contributed by atoms with Crippen molar-refractivity contribution < 1.29 is 13.2 Å². The molecule has 0 radical (unpaired) electrons. The van der Waals surface area contributed by atoms with E-state index in [0.717, 1.165) is 5.69 Å². The summed E-state index contributed by atoms with van der Waals surface area (Å²) in [6.45, 7) is 0.479. The van der Waals surface area contributed by atoms with E-state index < -0.39 is 10.0 Å². The molecule has 0 bridgehead atoms. The van der Waals surface area contributed by atoms with Crippen LogP contribution in [0.5, 0.6) is 0 Å². The third-order valence-corrected chi connectivity index (χ3v) is 5.61. The number of aromatic nitrogens is 2. The number of nitrogens with one attached hydrogen (secondary N) is 1. The summed E-state index contributed by atoms with van der Waals surface area (Å²) in [5.41, 5.74) is 1.92. The van der Waals surface area contributed by atoms with E-state index in [2.05, 4.69) is 15.3 Å². The summed E-state index contributed by atoms with van der Waals surface area (Å²) in [6.07, 6.45) is 6.21. The topological polar surface area (TPSA) is 92.3 Å². The van der Waals surface area contributed by atoms with Crippen LogP contribution in [0.15, 0.2) is 42.9 Å². The van der Waals surface area contributed by atoms with Gasteiger partial charge in [0.25, 0.3) is 0 Å². The number of aryl methyl sites for hydroxylation is 1. The van der Waals surface area contributed by atoms with Gasteiger partial charge in [0, 0.05) is 37.2 Å². The van der Waals surface area contributed by atoms with Crippen molar-refractivity contribution in [3.05, 3.63) is 48.5 Å². The summed E-state index contributed by atoms with van der Waals surface area (Å²) >= 11 is 0. The highest BCUT2D eigenvalue weighted by Crippen LogP contribution is 2.26. The Morgan fingerprint density at radius 3 is 2.88 bits per heavy atom. The smallest absolute Gasteiger partial charge is 0.235 e. The first-order valence-electron chi connectivity index (χ1n) is 7.70. The Kier molecular flexibility index (Phi) is 4.75. The summed E-state index contributed by atoms with van der Waals surface area (Å²) in [6, 6.07) is 6.90. The van der Waals surface area contributed by atoms with Gasteiger partial charge in [-0.3, -0.25) is 19.1 Å². The minimum Gasteiger partial charge on any atom is -0.326 e. The van der Waals surface area contributed by atoms with Crippen LogP contribution in [0.4, 0.5) is 11.4 Å². The first-order chi connectivity index (χ1) is 11.5. The highest BCUT2D eigenvalue weighted by molar-refractivity contribution is 7.93. The normalized spacial score (nSPS) is 16.1. The van der Waals surface area contributed by atoms with Gasteiger partial charge in [0.15, 0.2) is 0 Å². The fourth-order valence-electron chi connectivity index (χ4n) is 2.59. The molecular weight excluding hydrogens is 328 g/mol. The lowest BCUT2D eigenvalue weighted by molar-refractivity contribution is -0.116. The Morgan fingerprint density at radius 2 is 2.17 bits per heavy atom. The fraction of sp³-hybridized carbons (Fsp3) is 0.312. The molecular formula is C16H18N4O3S. The molecule has 7 nitrogen and oxygen atoms in total. The lowest BCUT2D eigenvalue weighted by Crippen LogP contribution is -2.25. The second kappa shape index (κ2) is 6.96. The Hall–Kier alpha value is -2.48. The molecule has 1 aliphatic heterocycles. The lowest BCUT2D eigenvalue weighted by atomic mass is 10.2. The molecule has 0 aliphatic carbocycles. The Balaban J connectivity index is 1.63. The second-order valence-electron chi connectivity index (χ2n) is 5.54. The molecule has 2 aromatic rings. The Morgan fingerprint density at radius 1 is 1.29 bits per heavy atom. The molecule has 0 spiro atoms. The molecule has 1 saturated heterocycles. The molecule has 24 heavy (non-hydrogen) atoms. The number of hydrogen-bond donors (Lipinski definition) is 1. The van der Waals surface area contributed by atoms with Crippen LogP contribution in [0.1, 0.15) is 18.5 Å². The van der Waals surface area contributed by atoms with E-state index in [0.29, 0.717) is 30.8 Å². The van der Waals surface area contributed by atoms with Crippen LogP contribution in [0.3, 0.4) is 0 Å². The quantitative estimate of drug-likeness (QED) is 0.887. The van der Waals surface area contributed by atoms with Gasteiger partial charge in [-0.1, -0.05) is 6.07 Å². The molecule has 8 heteroatoms. The number of sulfonamides is 1. The van der Waals surface area contributed by atoms with Crippen LogP contribution in [0.2, 0.25) is 0 Å². The SMILES string of the molecule is O=C(CCc1cnccn1)Nc1cccc(N2CCCS2(=O)=O)c1. The van der Waals surface area contributed by atoms with Gasteiger partial charge in [0.2, 0.25) is 15.9 Å². The number of hydrogen-bond acceptors (Lipinski definition) is 5. The minimum absolute atomic E-state index is 0.151. The highest BCUT2D eigenvalue weighted by atomic mass is 32.2. The summed E-state index contributed by atoms with van der Waals surface area (Å²) in [5.74, 6) is 0.0175. The first kappa shape index (κ1) is 16.4. The van der Waals surface area contributed by atoms with E-state index in [1.165, 1.54) is 4.31 Å². The zero-order chi connectivity index (χ0) is 17.0. The van der Waals surface area contributed by atoms with E-state index in [-0.39, 0.29) is 18.1 Å². The molecule has 3 rings (SSSR count). The maximum Gasteiger partial charge on any atom is 0.235 e. The predicted molar refractivity (Wildman–Crippen MR) is 91.2 cm³/mol. The van der Waals surface area contributed by atoms with Gasteiger partial charge in [-0.2, -0.15) is 0 Å². The molecule has 1 aliphatic rings. The predicted octanol–water partition coefficient (Wildman–Crippen LogP) is 1.59. The standard InChI is InChI=1S/C16H18N4O3S/c21-16(6-5-14-12-17-7-8-18-14)19-13-3-1-4-15(11-13)20-9-2-10-24(20,22)23/h1,3-4,7-8,11-12H,2,5-6,9-10H2,(H,19,21). The van der Waals surface area contributed by atoms with Gasteiger partial charge >= 0.3 is 0 Å². The van der Waals surface area contributed by atoms with Crippen molar-refractivity contribution in [1.82, 2.24) is 9.97 Å². The fourth-order valence-corrected chi connectivity index (χ4v) is 4.15. The third kappa shape index (κ3) is 3.88. The van der Waals surface area contributed by atoms with Gasteiger partial charge in [0.1, 0.15) is 0 Å². The molecule has 1 aromatic carbocycles. The van der Waals surface area contributed by atoms with E-state index in [1.54, 1.807) is 42.9 Å². The highest BCUT2D eigenvalue weighted by Gasteiger charge is 2.28. The number of nitrogens with zero attached hydrogens (tertiary/aromatic N) is 3. The average molecular weight is 346 g/mol. The van der Waals surface area contributed by atoms with Crippen LogP contribution in [0.25, 0.3) is 0 Å². The maximum atomic E-state index is 12.1. The van der Waals surface area contributed by atoms with Crippen molar-refractivity contribution in [2.24, 2.45) is 0 Å². The Bertz CT molecular complexity index is 824. The maximum absolute atomic E-state index is 12.1. The van der Waals surface area contributed by atoms with Crippen molar-refractivity contribution in [2.45, 2.75) is 19.3 Å². The van der Waals surface area contributed by atoms with Gasteiger partial charge in [0.05, 0.1) is 17.1 Å². The average Bonchev–Trinajstić information content (AvgIpc) is 2.93. The molecule has 0 atom stereocenters. The number of carbonyl (C=O) groups is 1. The van der Waals surface area contributed by atoms with Gasteiger partial charge in [-0.05, 0) is 31.0 Å². The van der Waals surface area contributed by atoms with E-state index in [1.807, 2.05) is 0 Å². The third-order valence-electron chi connectivity index (χ3n) is 3.74. The van der Waals surface area contributed by atoms with Crippen molar-refractivity contribution in [3.8, 4) is 0 Å². The van der Waals surface area contributed by atoms with E-state index >= 15 is 0 Å². The van der Waals surface area contributed by atoms with Crippen LogP contribution in [-0.2, 0) is 21.2 Å². The summed E-state index contributed by atoms with van der Waals surface area (Å²) in [4.78, 5) is 20.1. The molecule has 1 aromatic heterocycles. The minimum atomic E-state index is -3.23. The van der Waals surface area contributed by atoms with E-state index in [9.17, 15) is 13.2 Å². The molecule has 2 heterocycles. The zero-order valence-corrected chi connectivity index (χ0v) is 13.9. The first-order valence-corrected chi connectivity index (χ1v) is 9.31. The number of anilines is 2. The monoisotopic (exact) mass is 346 g/mol. The van der Waals surface area contributed by atoms with Gasteiger partial charge in [-0.15, -0.1) is 0 Å². The van der Waals surface area contributed by atoms with Crippen LogP contribution < -0.4 is 9.62 Å². The number of amides is 1. The van der Waals surface area contributed by atoms with Gasteiger partial charge in [-0.25, -0.2) is 8.42 Å². The largest absolute Gasteiger partial charge is 0.326 e. The van der Waals surface area contributed by atoms with Crippen molar-refractivity contribution in [1.29, 1.82) is 0 Å². The van der Waals surface area contributed by atoms with Crippen LogP contribution in [0, 0.1) is 0 Å². The number of carbonyl (C=O) groups excluding carboxylic acids is 1. The molecule has 1 amide bonds. The Labute approximate surface area is 140 Å². The molecule has 1 fully saturated rings. The molecule has 1 N–H and O–H groups in total. The van der Waals surface area contributed by atoms with E-state index in [4.69, 9.17) is 0 Å². The molecule has 0 unspecified atom stereocenters. The number of rotatable bonds is 5. The van der Waals surface area contributed by atoms with Crippen LogP contribution >= 0.6 is 0 Å². The summed E-state index contributed by atoms with van der Waals surface area (Å²) in [5, 5.41) is 2.79. The molecule has 126 valence electrons. The van der Waals surface area contributed by atoms with Crippen molar-refractivity contribution >= 4 is 27.3 Å². The van der Waals surface area contributed by atoms with Crippen molar-refractivity contribution in [2.75, 3.05) is 21.9 Å². The van der Waals surface area contributed by atoms with Gasteiger partial charge < -0.3 is 5.32 Å². The second-order valence-corrected chi connectivity index (χ2v) is 7.55. The number of benzene rings is 1. The zero-order valence-electron chi connectivity index (χ0n) is 13.1. The summed E-state index contributed by atoms with van der Waals surface area (Å²) in [7, 11) is -3.23. The molecule has 0 saturated carbocycles.